The van der Waals surface area contributed by atoms with Gasteiger partial charge in [0.05, 0.1) is 11.1 Å². The molecule has 0 saturated carbocycles. The van der Waals surface area contributed by atoms with E-state index in [1.807, 2.05) is 49.4 Å². The summed E-state index contributed by atoms with van der Waals surface area (Å²) in [5.74, 6) is -0.650. The number of carbonyl (C=O) groups is 2. The Hall–Kier alpha value is -3.65. The minimum atomic E-state index is -0.509. The molecular formula is C26H24N4O3S. The minimum absolute atomic E-state index is 0.302. The number of esters is 1. The number of rotatable bonds is 6. The summed E-state index contributed by atoms with van der Waals surface area (Å²) in [5.41, 5.74) is 4.38. The van der Waals surface area contributed by atoms with Crippen LogP contribution in [0.2, 0.25) is 0 Å². The van der Waals surface area contributed by atoms with Crippen LogP contribution in [0.15, 0.2) is 54.6 Å². The number of amides is 1. The van der Waals surface area contributed by atoms with E-state index in [1.54, 1.807) is 0 Å². The van der Waals surface area contributed by atoms with Gasteiger partial charge < -0.3 is 4.74 Å². The molecule has 172 valence electrons. The van der Waals surface area contributed by atoms with Gasteiger partial charge >= 0.3 is 5.97 Å². The number of hydrogen-bond donors (Lipinski definition) is 1. The van der Waals surface area contributed by atoms with Crippen molar-refractivity contribution < 1.29 is 14.3 Å². The molecule has 1 unspecified atom stereocenters. The number of nitrogens with zero attached hydrogens (tertiary/aromatic N) is 3. The minimum Gasteiger partial charge on any atom is -0.452 e. The first-order valence-electron chi connectivity index (χ1n) is 11.4. The number of pyridine rings is 1. The van der Waals surface area contributed by atoms with E-state index in [4.69, 9.17) is 9.72 Å². The Morgan fingerprint density at radius 1 is 1.09 bits per heavy atom. The van der Waals surface area contributed by atoms with E-state index in [0.717, 1.165) is 46.4 Å². The van der Waals surface area contributed by atoms with Gasteiger partial charge in [0, 0.05) is 11.1 Å². The molecule has 4 aromatic rings. The number of carbonyl (C=O) groups excluding carboxylic acids is 2. The molecular weight excluding hydrogens is 448 g/mol. The number of para-hydroxylation sites is 1. The van der Waals surface area contributed by atoms with Crippen LogP contribution in [0, 0.1) is 0 Å². The molecule has 1 atom stereocenters. The maximum atomic E-state index is 13.3. The van der Waals surface area contributed by atoms with E-state index in [1.165, 1.54) is 16.9 Å². The average molecular weight is 473 g/mol. The highest BCUT2D eigenvalue weighted by Crippen LogP contribution is 2.36. The first kappa shape index (κ1) is 22.2. The predicted molar refractivity (Wildman–Crippen MR) is 131 cm³/mol. The summed E-state index contributed by atoms with van der Waals surface area (Å²) in [5, 5.41) is 12.5. The highest BCUT2D eigenvalue weighted by Gasteiger charge is 2.28. The predicted octanol–water partition coefficient (Wildman–Crippen LogP) is 4.72. The smallest absolute Gasteiger partial charge is 0.339 e. The van der Waals surface area contributed by atoms with Gasteiger partial charge in [0.15, 0.2) is 6.61 Å². The average Bonchev–Trinajstić information content (AvgIpc) is 3.33. The highest BCUT2D eigenvalue weighted by atomic mass is 32.1. The summed E-state index contributed by atoms with van der Waals surface area (Å²) < 4.78 is 5.49. The van der Waals surface area contributed by atoms with Crippen LogP contribution >= 0.6 is 11.3 Å². The van der Waals surface area contributed by atoms with Crippen molar-refractivity contribution in [3.63, 3.8) is 0 Å². The molecule has 0 bridgehead atoms. The van der Waals surface area contributed by atoms with Gasteiger partial charge in [-0.05, 0) is 48.8 Å². The molecule has 0 radical (unpaired) electrons. The van der Waals surface area contributed by atoms with Crippen molar-refractivity contribution in [1.29, 1.82) is 0 Å². The number of fused-ring (bicyclic) bond motifs is 2. The molecule has 0 saturated heterocycles. The third kappa shape index (κ3) is 4.54. The van der Waals surface area contributed by atoms with Gasteiger partial charge in [0.25, 0.3) is 5.91 Å². The molecule has 0 fully saturated rings. The lowest BCUT2D eigenvalue weighted by Crippen LogP contribution is -2.23. The second-order valence-corrected chi connectivity index (χ2v) is 9.32. The van der Waals surface area contributed by atoms with Crippen LogP contribution in [0.3, 0.4) is 0 Å². The van der Waals surface area contributed by atoms with Crippen molar-refractivity contribution >= 4 is 39.2 Å². The zero-order valence-electron chi connectivity index (χ0n) is 18.8. The topological polar surface area (TPSA) is 94.1 Å². The van der Waals surface area contributed by atoms with Gasteiger partial charge in [-0.2, -0.15) is 0 Å². The molecule has 1 aliphatic rings. The third-order valence-electron chi connectivity index (χ3n) is 6.08. The summed E-state index contributed by atoms with van der Waals surface area (Å²) in [7, 11) is 0. The molecule has 0 aliphatic heterocycles. The third-order valence-corrected chi connectivity index (χ3v) is 7.07. The normalized spacial score (nSPS) is 15.0. The number of ether oxygens (including phenoxy) is 1. The maximum Gasteiger partial charge on any atom is 0.339 e. The van der Waals surface area contributed by atoms with Crippen molar-refractivity contribution in [2.24, 2.45) is 0 Å². The van der Waals surface area contributed by atoms with Gasteiger partial charge in [0.2, 0.25) is 5.13 Å². The lowest BCUT2D eigenvalue weighted by atomic mass is 9.80. The summed E-state index contributed by atoms with van der Waals surface area (Å²) in [6.07, 6.45) is 3.21. The van der Waals surface area contributed by atoms with Crippen molar-refractivity contribution in [2.45, 2.75) is 38.5 Å². The van der Waals surface area contributed by atoms with Gasteiger partial charge in [-0.1, -0.05) is 66.8 Å². The van der Waals surface area contributed by atoms with Crippen LogP contribution in [0.5, 0.6) is 0 Å². The summed E-state index contributed by atoms with van der Waals surface area (Å²) in [6.45, 7) is 1.57. The lowest BCUT2D eigenvalue weighted by molar-refractivity contribution is -0.119. The number of benzene rings is 2. The summed E-state index contributed by atoms with van der Waals surface area (Å²) in [6, 6.07) is 17.9. The molecule has 2 aromatic heterocycles. The fourth-order valence-corrected chi connectivity index (χ4v) is 5.13. The maximum absolute atomic E-state index is 13.3. The number of nitrogens with one attached hydrogen (secondary N) is 1. The summed E-state index contributed by atoms with van der Waals surface area (Å²) >= 11 is 1.31. The van der Waals surface area contributed by atoms with E-state index in [9.17, 15) is 9.59 Å². The fourth-order valence-electron chi connectivity index (χ4n) is 4.44. The Morgan fingerprint density at radius 3 is 2.68 bits per heavy atom. The largest absolute Gasteiger partial charge is 0.452 e. The van der Waals surface area contributed by atoms with Crippen molar-refractivity contribution in [3.8, 4) is 0 Å². The Balaban J connectivity index is 1.40. The quantitative estimate of drug-likeness (QED) is 0.408. The van der Waals surface area contributed by atoms with Gasteiger partial charge in [-0.25, -0.2) is 4.79 Å². The van der Waals surface area contributed by atoms with E-state index in [-0.39, 0.29) is 0 Å². The first-order chi connectivity index (χ1) is 16.6. The molecule has 2 heterocycles. The van der Waals surface area contributed by atoms with Crippen molar-refractivity contribution in [2.75, 3.05) is 11.9 Å². The van der Waals surface area contributed by atoms with E-state index >= 15 is 0 Å². The number of aromatic nitrogens is 3. The molecule has 1 aliphatic carbocycles. The Morgan fingerprint density at radius 2 is 1.88 bits per heavy atom. The van der Waals surface area contributed by atoms with Gasteiger partial charge in [-0.3, -0.25) is 15.1 Å². The van der Waals surface area contributed by atoms with E-state index < -0.39 is 18.5 Å². The highest BCUT2D eigenvalue weighted by molar-refractivity contribution is 7.15. The van der Waals surface area contributed by atoms with Crippen molar-refractivity contribution in [3.05, 3.63) is 82.0 Å². The zero-order chi connectivity index (χ0) is 23.5. The van der Waals surface area contributed by atoms with Crippen LogP contribution in [0.1, 0.15) is 51.4 Å². The Kier molecular flexibility index (Phi) is 6.31. The SMILES string of the molecule is CCc1nnc(NC(=O)COC(=O)c2c3c(nc4ccccc24)CCC(c2ccccc2)C3)s1. The lowest BCUT2D eigenvalue weighted by Gasteiger charge is -2.26. The Labute approximate surface area is 201 Å². The van der Waals surface area contributed by atoms with E-state index in [2.05, 4.69) is 27.6 Å². The first-order valence-corrected chi connectivity index (χ1v) is 12.2. The molecule has 1 N–H and O–H groups in total. The monoisotopic (exact) mass is 472 g/mol. The van der Waals surface area contributed by atoms with Crippen LogP contribution in [0.25, 0.3) is 10.9 Å². The molecule has 0 spiro atoms. The summed E-state index contributed by atoms with van der Waals surface area (Å²) in [4.78, 5) is 30.5. The molecule has 8 heteroatoms. The van der Waals surface area contributed by atoms with Gasteiger partial charge in [0.1, 0.15) is 5.01 Å². The molecule has 1 amide bonds. The number of hydrogen-bond acceptors (Lipinski definition) is 7. The molecule has 5 rings (SSSR count). The van der Waals surface area contributed by atoms with Crippen LogP contribution < -0.4 is 5.32 Å². The second kappa shape index (κ2) is 9.69. The van der Waals surface area contributed by atoms with Crippen LogP contribution in [-0.2, 0) is 28.8 Å². The Bertz CT molecular complexity index is 1350. The van der Waals surface area contributed by atoms with Crippen LogP contribution in [0.4, 0.5) is 5.13 Å². The molecule has 7 nitrogen and oxygen atoms in total. The number of anilines is 1. The fraction of sp³-hybridized carbons (Fsp3) is 0.269. The molecule has 2 aromatic carbocycles. The van der Waals surface area contributed by atoms with E-state index in [0.29, 0.717) is 23.0 Å². The second-order valence-electron chi connectivity index (χ2n) is 8.26. The number of aryl methyl sites for hydroxylation is 2. The van der Waals surface area contributed by atoms with Gasteiger partial charge in [-0.15, -0.1) is 10.2 Å². The van der Waals surface area contributed by atoms with Crippen molar-refractivity contribution in [1.82, 2.24) is 15.2 Å². The van der Waals surface area contributed by atoms with Crippen LogP contribution in [-0.4, -0.2) is 33.7 Å². The standard InChI is InChI=1S/C26H24N4O3S/c1-2-23-29-30-26(34-23)28-22(31)15-33-25(32)24-18-10-6-7-11-20(18)27-21-13-12-17(14-19(21)24)16-8-4-3-5-9-16/h3-11,17H,2,12-15H2,1H3,(H,28,30,31). The zero-order valence-corrected chi connectivity index (χ0v) is 19.6. The molecule has 34 heavy (non-hydrogen) atoms.